The smallest absolute Gasteiger partial charge is 0.291 e. The highest BCUT2D eigenvalue weighted by molar-refractivity contribution is 6.31. The van der Waals surface area contributed by atoms with Gasteiger partial charge in [-0.05, 0) is 24.3 Å². The van der Waals surface area contributed by atoms with Crippen LogP contribution < -0.4 is 15.0 Å². The lowest BCUT2D eigenvalue weighted by atomic mass is 10.1. The number of nitrogens with zero attached hydrogens (tertiary/aromatic N) is 5. The van der Waals surface area contributed by atoms with E-state index in [1.165, 1.54) is 16.6 Å². The van der Waals surface area contributed by atoms with Crippen LogP contribution in [0.4, 0.5) is 10.2 Å². The molecule has 1 aromatic carbocycles. The number of fused-ring (bicyclic) bond motifs is 2. The van der Waals surface area contributed by atoms with Gasteiger partial charge in [-0.3, -0.25) is 4.79 Å². The molecule has 2 aromatic heterocycles. The molecule has 1 N–H and O–H groups in total. The third-order valence-electron chi connectivity index (χ3n) is 4.04. The van der Waals surface area contributed by atoms with Crippen LogP contribution >= 0.6 is 11.6 Å². The summed E-state index contributed by atoms with van der Waals surface area (Å²) < 4.78 is 21.0. The van der Waals surface area contributed by atoms with Gasteiger partial charge in [0.15, 0.2) is 5.65 Å². The van der Waals surface area contributed by atoms with Crippen LogP contribution in [0.15, 0.2) is 24.3 Å². The van der Waals surface area contributed by atoms with E-state index in [2.05, 4.69) is 20.6 Å². The van der Waals surface area contributed by atoms with Gasteiger partial charge in [-0.15, -0.1) is 15.3 Å². The molecule has 1 aliphatic rings. The quantitative estimate of drug-likeness (QED) is 0.642. The third-order valence-corrected chi connectivity index (χ3v) is 4.45. The van der Waals surface area contributed by atoms with Crippen molar-refractivity contribution in [3.63, 3.8) is 0 Å². The van der Waals surface area contributed by atoms with Crippen molar-refractivity contribution in [1.82, 2.24) is 25.1 Å². The molecule has 3 aromatic rings. The number of carbonyl (C=O) groups is 1. The summed E-state index contributed by atoms with van der Waals surface area (Å²) in [5.74, 6) is 0.139. The molecule has 4 rings (SSSR count). The lowest BCUT2D eigenvalue weighted by molar-refractivity contribution is 0.0934. The summed E-state index contributed by atoms with van der Waals surface area (Å²) in [6, 6.07) is 6.22. The first-order valence-corrected chi connectivity index (χ1v) is 8.24. The number of rotatable bonds is 0. The maximum Gasteiger partial charge on any atom is 0.291 e. The SMILES string of the molecule is CN1Cc2c(ccc(F)c2Cl)OCCNC(=O)c2nnc3ccc1nn23. The van der Waals surface area contributed by atoms with E-state index in [0.29, 0.717) is 22.8 Å². The molecule has 0 aliphatic carbocycles. The van der Waals surface area contributed by atoms with Crippen LogP contribution in [0.2, 0.25) is 5.02 Å². The second-order valence-electron chi connectivity index (χ2n) is 5.78. The second kappa shape index (κ2) is 6.41. The number of amides is 1. The van der Waals surface area contributed by atoms with E-state index in [1.54, 1.807) is 24.1 Å². The number of aromatic nitrogens is 4. The molecular weight excluding hydrogens is 363 g/mol. The van der Waals surface area contributed by atoms with Crippen molar-refractivity contribution in [3.05, 3.63) is 46.5 Å². The van der Waals surface area contributed by atoms with E-state index in [9.17, 15) is 9.18 Å². The molecule has 134 valence electrons. The van der Waals surface area contributed by atoms with Gasteiger partial charge in [0, 0.05) is 19.2 Å². The molecule has 0 saturated heterocycles. The molecule has 1 amide bonds. The highest BCUT2D eigenvalue weighted by atomic mass is 35.5. The fourth-order valence-corrected chi connectivity index (χ4v) is 2.92. The zero-order valence-electron chi connectivity index (χ0n) is 13.7. The Morgan fingerprint density at radius 3 is 2.96 bits per heavy atom. The first-order chi connectivity index (χ1) is 12.5. The molecule has 3 heterocycles. The molecule has 1 aliphatic heterocycles. The second-order valence-corrected chi connectivity index (χ2v) is 6.16. The highest BCUT2D eigenvalue weighted by Crippen LogP contribution is 2.31. The number of nitrogens with one attached hydrogen (secondary N) is 1. The van der Waals surface area contributed by atoms with Gasteiger partial charge in [0.2, 0.25) is 5.82 Å². The van der Waals surface area contributed by atoms with Crippen LogP contribution in [-0.4, -0.2) is 45.9 Å². The Kier molecular flexibility index (Phi) is 4.08. The van der Waals surface area contributed by atoms with Crippen LogP contribution in [0.5, 0.6) is 5.75 Å². The van der Waals surface area contributed by atoms with E-state index < -0.39 is 11.7 Å². The number of benzene rings is 1. The van der Waals surface area contributed by atoms with E-state index >= 15 is 0 Å². The first-order valence-electron chi connectivity index (χ1n) is 7.86. The van der Waals surface area contributed by atoms with Gasteiger partial charge < -0.3 is 15.0 Å². The molecule has 0 atom stereocenters. The molecule has 2 bridgehead atoms. The van der Waals surface area contributed by atoms with Crippen molar-refractivity contribution in [1.29, 1.82) is 0 Å². The number of ether oxygens (including phenoxy) is 1. The molecule has 8 nitrogen and oxygen atoms in total. The van der Waals surface area contributed by atoms with Crippen molar-refractivity contribution in [2.24, 2.45) is 0 Å². The van der Waals surface area contributed by atoms with Crippen LogP contribution in [0.1, 0.15) is 16.2 Å². The monoisotopic (exact) mass is 376 g/mol. The average molecular weight is 377 g/mol. The minimum absolute atomic E-state index is 0.000628. The number of hydrogen-bond donors (Lipinski definition) is 1. The van der Waals surface area contributed by atoms with Gasteiger partial charge in [-0.2, -0.15) is 4.52 Å². The van der Waals surface area contributed by atoms with Crippen molar-refractivity contribution >= 4 is 29.0 Å². The van der Waals surface area contributed by atoms with Gasteiger partial charge in [0.05, 0.1) is 11.6 Å². The van der Waals surface area contributed by atoms with Gasteiger partial charge in [0.25, 0.3) is 5.91 Å². The topological polar surface area (TPSA) is 84.6 Å². The lowest BCUT2D eigenvalue weighted by Crippen LogP contribution is -2.30. The Morgan fingerprint density at radius 1 is 1.27 bits per heavy atom. The summed E-state index contributed by atoms with van der Waals surface area (Å²) in [4.78, 5) is 14.1. The van der Waals surface area contributed by atoms with E-state index in [-0.39, 0.29) is 30.5 Å². The van der Waals surface area contributed by atoms with Crippen LogP contribution in [0.3, 0.4) is 0 Å². The van der Waals surface area contributed by atoms with Gasteiger partial charge in [-0.25, -0.2) is 4.39 Å². The largest absolute Gasteiger partial charge is 0.491 e. The lowest BCUT2D eigenvalue weighted by Gasteiger charge is -2.21. The normalized spacial score (nSPS) is 14.9. The maximum absolute atomic E-state index is 13.9. The fraction of sp³-hybridized carbons (Fsp3) is 0.250. The summed E-state index contributed by atoms with van der Waals surface area (Å²) in [5.41, 5.74) is 0.952. The molecular formula is C16H14ClFN6O2. The number of hydrogen-bond acceptors (Lipinski definition) is 6. The Morgan fingerprint density at radius 2 is 2.12 bits per heavy atom. The van der Waals surface area contributed by atoms with Crippen molar-refractivity contribution < 1.29 is 13.9 Å². The summed E-state index contributed by atoms with van der Waals surface area (Å²) in [6.45, 7) is 0.693. The molecule has 0 saturated carbocycles. The van der Waals surface area contributed by atoms with Gasteiger partial charge in [-0.1, -0.05) is 11.6 Å². The predicted molar refractivity (Wildman–Crippen MR) is 92.1 cm³/mol. The number of halogens is 2. The van der Waals surface area contributed by atoms with E-state index in [4.69, 9.17) is 16.3 Å². The number of carbonyl (C=O) groups excluding carboxylic acids is 1. The zero-order chi connectivity index (χ0) is 18.3. The average Bonchev–Trinajstić information content (AvgIpc) is 3.06. The highest BCUT2D eigenvalue weighted by Gasteiger charge is 2.20. The maximum atomic E-state index is 13.9. The van der Waals surface area contributed by atoms with Crippen molar-refractivity contribution in [2.75, 3.05) is 25.1 Å². The van der Waals surface area contributed by atoms with Gasteiger partial charge in [0.1, 0.15) is 24.0 Å². The Balaban J connectivity index is 1.83. The number of anilines is 1. The third kappa shape index (κ3) is 2.80. The first kappa shape index (κ1) is 16.5. The molecule has 10 heteroatoms. The Bertz CT molecular complexity index is 1010. The predicted octanol–water partition coefficient (Wildman–Crippen LogP) is 1.68. The van der Waals surface area contributed by atoms with Crippen molar-refractivity contribution in [2.45, 2.75) is 6.54 Å². The molecule has 0 unspecified atom stereocenters. The molecule has 0 radical (unpaired) electrons. The summed E-state index contributed by atoms with van der Waals surface area (Å²) in [7, 11) is 1.78. The minimum Gasteiger partial charge on any atom is -0.491 e. The molecule has 0 fully saturated rings. The Hall–Kier alpha value is -2.94. The van der Waals surface area contributed by atoms with Crippen LogP contribution in [0.25, 0.3) is 5.65 Å². The van der Waals surface area contributed by atoms with Gasteiger partial charge >= 0.3 is 0 Å². The summed E-state index contributed by atoms with van der Waals surface area (Å²) >= 11 is 6.16. The zero-order valence-corrected chi connectivity index (χ0v) is 14.5. The Labute approximate surface area is 152 Å². The van der Waals surface area contributed by atoms with E-state index in [0.717, 1.165) is 0 Å². The minimum atomic E-state index is -0.524. The fourth-order valence-electron chi connectivity index (χ4n) is 2.70. The van der Waals surface area contributed by atoms with Crippen molar-refractivity contribution in [3.8, 4) is 5.75 Å². The van der Waals surface area contributed by atoms with Crippen LogP contribution in [0, 0.1) is 5.82 Å². The standard InChI is InChI=1S/C16H14ClFN6O2/c1-23-8-9-11(3-2-10(18)14(9)17)26-7-6-19-16(25)15-21-20-12-4-5-13(23)22-24(12)15/h2-5H,6-8H2,1H3,(H,19,25). The summed E-state index contributed by atoms with van der Waals surface area (Å²) in [5, 5.41) is 14.9. The summed E-state index contributed by atoms with van der Waals surface area (Å²) in [6.07, 6.45) is 0. The van der Waals surface area contributed by atoms with E-state index in [1.807, 2.05) is 0 Å². The molecule has 26 heavy (non-hydrogen) atoms. The van der Waals surface area contributed by atoms with Crippen LogP contribution in [-0.2, 0) is 6.54 Å². The molecule has 0 spiro atoms.